The number of nitrogens with zero attached hydrogens (tertiary/aromatic N) is 1. The second kappa shape index (κ2) is 5.67. The number of hydrogen-bond acceptors (Lipinski definition) is 5. The van der Waals surface area contributed by atoms with Crippen LogP contribution in [0.4, 0.5) is 5.13 Å². The zero-order valence-corrected chi connectivity index (χ0v) is 14.9. The summed E-state index contributed by atoms with van der Waals surface area (Å²) in [5.41, 5.74) is 1.99. The second-order valence-electron chi connectivity index (χ2n) is 6.60. The van der Waals surface area contributed by atoms with Crippen molar-refractivity contribution in [1.29, 1.82) is 0 Å². The van der Waals surface area contributed by atoms with Crippen LogP contribution < -0.4 is 5.32 Å². The molecular formula is C17H18N2O3S2. The molecule has 1 amide bonds. The highest BCUT2D eigenvalue weighted by atomic mass is 32.2. The van der Waals surface area contributed by atoms with Crippen LogP contribution in [0.25, 0.3) is 10.2 Å². The third-order valence-corrected chi connectivity index (χ3v) is 6.46. The molecule has 0 unspecified atom stereocenters. The minimum absolute atomic E-state index is 0.133. The van der Waals surface area contributed by atoms with Crippen LogP contribution in [-0.2, 0) is 14.6 Å². The van der Waals surface area contributed by atoms with Gasteiger partial charge in [-0.1, -0.05) is 16.9 Å². The van der Waals surface area contributed by atoms with Gasteiger partial charge >= 0.3 is 0 Å². The van der Waals surface area contributed by atoms with E-state index in [1.807, 2.05) is 0 Å². The van der Waals surface area contributed by atoms with Crippen LogP contribution in [-0.4, -0.2) is 25.6 Å². The predicted octanol–water partition coefficient (Wildman–Crippen LogP) is 3.38. The number of nitrogens with one attached hydrogen (secondary N) is 1. The number of carbonyl (C=O) groups is 1. The summed E-state index contributed by atoms with van der Waals surface area (Å²) >= 11 is 1.29. The largest absolute Gasteiger partial charge is 0.298 e. The van der Waals surface area contributed by atoms with Crippen molar-refractivity contribution in [1.82, 2.24) is 4.98 Å². The Hall–Kier alpha value is -1.73. The fraction of sp³-hybridized carbons (Fsp3) is 0.412. The van der Waals surface area contributed by atoms with Crippen molar-refractivity contribution in [3.63, 3.8) is 0 Å². The fourth-order valence-electron chi connectivity index (χ4n) is 2.88. The van der Waals surface area contributed by atoms with Gasteiger partial charge in [0.15, 0.2) is 15.0 Å². The first-order valence-corrected chi connectivity index (χ1v) is 10.7. The predicted molar refractivity (Wildman–Crippen MR) is 94.9 cm³/mol. The van der Waals surface area contributed by atoms with Crippen LogP contribution in [0.15, 0.2) is 34.7 Å². The Balaban J connectivity index is 1.56. The molecule has 0 spiro atoms. The summed E-state index contributed by atoms with van der Waals surface area (Å²) in [5.74, 6) is 1.08. The third kappa shape index (κ3) is 3.37. The first kappa shape index (κ1) is 15.8. The summed E-state index contributed by atoms with van der Waals surface area (Å²) < 4.78 is 24.0. The number of carbonyl (C=O) groups excluding carboxylic acids is 1. The van der Waals surface area contributed by atoms with Crippen molar-refractivity contribution in [3.8, 4) is 0 Å². The Morgan fingerprint density at radius 2 is 1.92 bits per heavy atom. The number of allylic oxidation sites excluding steroid dienone is 1. The molecule has 1 aromatic heterocycles. The number of rotatable bonds is 5. The second-order valence-corrected chi connectivity index (χ2v) is 9.65. The number of fused-ring (bicyclic) bond motifs is 1. The van der Waals surface area contributed by atoms with E-state index in [0.29, 0.717) is 22.5 Å². The molecule has 24 heavy (non-hydrogen) atoms. The Morgan fingerprint density at radius 1 is 1.25 bits per heavy atom. The van der Waals surface area contributed by atoms with E-state index < -0.39 is 9.84 Å². The van der Waals surface area contributed by atoms with E-state index in [4.69, 9.17) is 0 Å². The normalized spacial score (nSPS) is 17.7. The number of aromatic nitrogens is 1. The van der Waals surface area contributed by atoms with Crippen LogP contribution in [0.3, 0.4) is 0 Å². The summed E-state index contributed by atoms with van der Waals surface area (Å²) in [6.45, 7) is 0. The fourth-order valence-corrected chi connectivity index (χ4v) is 4.51. The molecule has 1 N–H and O–H groups in total. The molecule has 5 nitrogen and oxygen atoms in total. The molecule has 2 aromatic rings. The molecule has 2 saturated carbocycles. The Labute approximate surface area is 144 Å². The van der Waals surface area contributed by atoms with Crippen molar-refractivity contribution in [2.45, 2.75) is 30.6 Å². The lowest BCUT2D eigenvalue weighted by Gasteiger charge is -2.03. The quantitative estimate of drug-likeness (QED) is 0.827. The minimum atomic E-state index is -3.25. The molecule has 7 heteroatoms. The van der Waals surface area contributed by atoms with Gasteiger partial charge in [0, 0.05) is 12.3 Å². The van der Waals surface area contributed by atoms with Gasteiger partial charge in [0.05, 0.1) is 15.1 Å². The zero-order valence-electron chi connectivity index (χ0n) is 13.3. The Bertz CT molecular complexity index is 937. The lowest BCUT2D eigenvalue weighted by atomic mass is 10.1. The SMILES string of the molecule is CS(=O)(=O)c1ccc2nc(NC(=O)C=C(C3CC3)C3CC3)sc2c1. The van der Waals surface area contributed by atoms with Crippen molar-refractivity contribution >= 4 is 42.4 Å². The van der Waals surface area contributed by atoms with E-state index in [-0.39, 0.29) is 10.8 Å². The highest BCUT2D eigenvalue weighted by Crippen LogP contribution is 2.48. The summed E-state index contributed by atoms with van der Waals surface area (Å²) in [6, 6.07) is 4.82. The van der Waals surface area contributed by atoms with Crippen LogP contribution in [0.5, 0.6) is 0 Å². The molecular weight excluding hydrogens is 344 g/mol. The summed E-state index contributed by atoms with van der Waals surface area (Å²) in [5, 5.41) is 3.33. The molecule has 0 saturated heterocycles. The van der Waals surface area contributed by atoms with E-state index in [1.165, 1.54) is 48.8 Å². The average molecular weight is 362 g/mol. The Kier molecular flexibility index (Phi) is 3.73. The summed E-state index contributed by atoms with van der Waals surface area (Å²) in [4.78, 5) is 16.9. The molecule has 1 aromatic carbocycles. The lowest BCUT2D eigenvalue weighted by molar-refractivity contribution is -0.112. The van der Waals surface area contributed by atoms with Crippen LogP contribution in [0.2, 0.25) is 0 Å². The van der Waals surface area contributed by atoms with Gasteiger partial charge in [0.25, 0.3) is 0 Å². The summed E-state index contributed by atoms with van der Waals surface area (Å²) in [7, 11) is -3.25. The van der Waals surface area contributed by atoms with Gasteiger partial charge in [0.1, 0.15) is 0 Å². The number of benzene rings is 1. The van der Waals surface area contributed by atoms with E-state index in [2.05, 4.69) is 10.3 Å². The molecule has 126 valence electrons. The van der Waals surface area contributed by atoms with E-state index in [0.717, 1.165) is 4.70 Å². The topological polar surface area (TPSA) is 76.1 Å². The molecule has 2 aliphatic carbocycles. The average Bonchev–Trinajstić information content (AvgIpc) is 3.40. The number of thiazole rings is 1. The zero-order chi connectivity index (χ0) is 16.9. The number of amides is 1. The molecule has 2 fully saturated rings. The molecule has 0 bridgehead atoms. The van der Waals surface area contributed by atoms with E-state index in [9.17, 15) is 13.2 Å². The van der Waals surface area contributed by atoms with Gasteiger partial charge in [0.2, 0.25) is 5.91 Å². The van der Waals surface area contributed by atoms with Gasteiger partial charge in [-0.15, -0.1) is 0 Å². The smallest absolute Gasteiger partial charge is 0.250 e. The van der Waals surface area contributed by atoms with Gasteiger partial charge in [-0.3, -0.25) is 10.1 Å². The van der Waals surface area contributed by atoms with Crippen LogP contribution in [0, 0.1) is 11.8 Å². The van der Waals surface area contributed by atoms with Gasteiger partial charge in [-0.05, 0) is 55.7 Å². The maximum Gasteiger partial charge on any atom is 0.250 e. The number of hydrogen-bond donors (Lipinski definition) is 1. The van der Waals surface area contributed by atoms with E-state index >= 15 is 0 Å². The first-order valence-electron chi connectivity index (χ1n) is 8.03. The maximum absolute atomic E-state index is 12.3. The van der Waals surface area contributed by atoms with Crippen molar-refractivity contribution in [2.75, 3.05) is 11.6 Å². The maximum atomic E-state index is 12.3. The molecule has 2 aliphatic rings. The van der Waals surface area contributed by atoms with E-state index in [1.54, 1.807) is 24.3 Å². The number of anilines is 1. The Morgan fingerprint density at radius 3 is 2.50 bits per heavy atom. The van der Waals surface area contributed by atoms with Gasteiger partial charge in [-0.25, -0.2) is 13.4 Å². The lowest BCUT2D eigenvalue weighted by Crippen LogP contribution is -2.09. The summed E-state index contributed by atoms with van der Waals surface area (Å²) in [6.07, 6.45) is 7.73. The van der Waals surface area contributed by atoms with Gasteiger partial charge < -0.3 is 0 Å². The first-order chi connectivity index (χ1) is 11.4. The molecule has 1 heterocycles. The molecule has 0 aliphatic heterocycles. The number of sulfone groups is 1. The minimum Gasteiger partial charge on any atom is -0.298 e. The monoisotopic (exact) mass is 362 g/mol. The van der Waals surface area contributed by atoms with Crippen molar-refractivity contribution < 1.29 is 13.2 Å². The molecule has 0 radical (unpaired) electrons. The standard InChI is InChI=1S/C17H18N2O3S2/c1-24(21,22)12-6-7-14-15(8-12)23-17(18-14)19-16(20)9-13(10-2-3-10)11-4-5-11/h6-11H,2-5H2,1H3,(H,18,19,20). The third-order valence-electron chi connectivity index (χ3n) is 4.41. The van der Waals surface area contributed by atoms with Crippen LogP contribution >= 0.6 is 11.3 Å². The molecule has 0 atom stereocenters. The van der Waals surface area contributed by atoms with Crippen molar-refractivity contribution in [2.24, 2.45) is 11.8 Å². The highest BCUT2D eigenvalue weighted by Gasteiger charge is 2.36. The van der Waals surface area contributed by atoms with Crippen LogP contribution in [0.1, 0.15) is 25.7 Å². The highest BCUT2D eigenvalue weighted by molar-refractivity contribution is 7.90. The van der Waals surface area contributed by atoms with Gasteiger partial charge in [-0.2, -0.15) is 0 Å². The molecule has 4 rings (SSSR count). The van der Waals surface area contributed by atoms with Crippen molar-refractivity contribution in [3.05, 3.63) is 29.8 Å².